The first-order valence-electron chi connectivity index (χ1n) is 5.55. The summed E-state index contributed by atoms with van der Waals surface area (Å²) >= 11 is 0. The molecular weight excluding hydrogens is 237 g/mol. The largest absolute Gasteiger partial charge is 0.496 e. The third-order valence-corrected chi connectivity index (χ3v) is 2.53. The van der Waals surface area contributed by atoms with Crippen molar-refractivity contribution in [2.24, 2.45) is 0 Å². The van der Waals surface area contributed by atoms with Crippen molar-refractivity contribution in [3.8, 4) is 5.75 Å². The highest BCUT2D eigenvalue weighted by atomic mass is 19.1. The Labute approximate surface area is 104 Å². The number of aliphatic hydroxyl groups excluding tert-OH is 1. The van der Waals surface area contributed by atoms with Gasteiger partial charge in [0.1, 0.15) is 11.6 Å². The third kappa shape index (κ3) is 2.84. The predicted molar refractivity (Wildman–Crippen MR) is 62.9 cm³/mol. The van der Waals surface area contributed by atoms with Gasteiger partial charge in [0.25, 0.3) is 0 Å². The molecule has 1 heterocycles. The Morgan fingerprint density at radius 2 is 2.28 bits per heavy atom. The Morgan fingerprint density at radius 1 is 1.44 bits per heavy atom. The zero-order valence-corrected chi connectivity index (χ0v) is 10.0. The Balaban J connectivity index is 2.19. The van der Waals surface area contributed by atoms with Crippen molar-refractivity contribution in [1.29, 1.82) is 0 Å². The number of benzene rings is 1. The van der Waals surface area contributed by atoms with Crippen LogP contribution in [0.25, 0.3) is 0 Å². The van der Waals surface area contributed by atoms with Crippen molar-refractivity contribution in [3.63, 3.8) is 0 Å². The summed E-state index contributed by atoms with van der Waals surface area (Å²) in [6.07, 6.45) is 2.18. The lowest BCUT2D eigenvalue weighted by Crippen LogP contribution is -2.03. The van der Waals surface area contributed by atoms with E-state index in [1.54, 1.807) is 16.9 Å². The van der Waals surface area contributed by atoms with Crippen molar-refractivity contribution >= 4 is 0 Å². The Morgan fingerprint density at radius 3 is 3.00 bits per heavy atom. The standard InChI is InChI=1S/C12H14FN3O2/c1-18-12-3-2-10(13)6-9(12)7-16-8-11(4-5-17)14-15-16/h2-3,6,8,17H,4-5,7H2,1H3. The van der Waals surface area contributed by atoms with Crippen LogP contribution < -0.4 is 4.74 Å². The summed E-state index contributed by atoms with van der Waals surface area (Å²) in [7, 11) is 1.54. The maximum atomic E-state index is 13.2. The van der Waals surface area contributed by atoms with Crippen molar-refractivity contribution < 1.29 is 14.2 Å². The van der Waals surface area contributed by atoms with Crippen LogP contribution in [-0.4, -0.2) is 33.8 Å². The van der Waals surface area contributed by atoms with Gasteiger partial charge >= 0.3 is 0 Å². The van der Waals surface area contributed by atoms with E-state index in [-0.39, 0.29) is 12.4 Å². The molecule has 0 amide bonds. The van der Waals surface area contributed by atoms with Crippen LogP contribution in [0.5, 0.6) is 5.75 Å². The molecule has 2 aromatic rings. The molecule has 0 spiro atoms. The molecule has 0 unspecified atom stereocenters. The molecule has 0 aliphatic carbocycles. The molecule has 0 atom stereocenters. The second-order valence-electron chi connectivity index (χ2n) is 3.84. The Bertz CT molecular complexity index is 528. The number of hydrogen-bond acceptors (Lipinski definition) is 4. The van der Waals surface area contributed by atoms with Crippen LogP contribution in [0.2, 0.25) is 0 Å². The highest BCUT2D eigenvalue weighted by Gasteiger charge is 2.07. The minimum atomic E-state index is -0.318. The summed E-state index contributed by atoms with van der Waals surface area (Å²) in [5.41, 5.74) is 1.39. The zero-order chi connectivity index (χ0) is 13.0. The van der Waals surface area contributed by atoms with Crippen LogP contribution in [-0.2, 0) is 13.0 Å². The van der Waals surface area contributed by atoms with Gasteiger partial charge in [0.05, 0.1) is 19.3 Å². The van der Waals surface area contributed by atoms with E-state index in [4.69, 9.17) is 9.84 Å². The van der Waals surface area contributed by atoms with E-state index < -0.39 is 0 Å². The second kappa shape index (κ2) is 5.59. The molecule has 1 aromatic heterocycles. The van der Waals surface area contributed by atoms with Crippen LogP contribution in [0.3, 0.4) is 0 Å². The maximum absolute atomic E-state index is 13.2. The van der Waals surface area contributed by atoms with Gasteiger partial charge < -0.3 is 9.84 Å². The van der Waals surface area contributed by atoms with Gasteiger partial charge in [-0.2, -0.15) is 0 Å². The van der Waals surface area contributed by atoms with E-state index in [0.717, 1.165) is 0 Å². The average molecular weight is 251 g/mol. The molecule has 0 saturated heterocycles. The van der Waals surface area contributed by atoms with Gasteiger partial charge in [0.2, 0.25) is 0 Å². The molecule has 0 aliphatic rings. The predicted octanol–water partition coefficient (Wildman–Crippen LogP) is 1.01. The number of aliphatic hydroxyl groups is 1. The number of nitrogens with zero attached hydrogens (tertiary/aromatic N) is 3. The van der Waals surface area contributed by atoms with Gasteiger partial charge in [0, 0.05) is 24.8 Å². The van der Waals surface area contributed by atoms with Gasteiger partial charge in [-0.15, -0.1) is 5.10 Å². The average Bonchev–Trinajstić information content (AvgIpc) is 2.77. The van der Waals surface area contributed by atoms with Crippen LogP contribution in [0.1, 0.15) is 11.3 Å². The minimum Gasteiger partial charge on any atom is -0.496 e. The topological polar surface area (TPSA) is 60.2 Å². The normalized spacial score (nSPS) is 10.6. The van der Waals surface area contributed by atoms with E-state index in [2.05, 4.69) is 10.3 Å². The van der Waals surface area contributed by atoms with E-state index in [1.807, 2.05) is 0 Å². The van der Waals surface area contributed by atoms with Crippen LogP contribution >= 0.6 is 0 Å². The van der Waals surface area contributed by atoms with E-state index >= 15 is 0 Å². The number of aromatic nitrogens is 3. The SMILES string of the molecule is COc1ccc(F)cc1Cn1cc(CCO)nn1. The summed E-state index contributed by atoms with van der Waals surface area (Å²) in [6.45, 7) is 0.404. The fourth-order valence-corrected chi connectivity index (χ4v) is 1.69. The smallest absolute Gasteiger partial charge is 0.124 e. The molecule has 1 aromatic carbocycles. The van der Waals surface area contributed by atoms with Gasteiger partial charge in [-0.25, -0.2) is 9.07 Å². The molecular formula is C12H14FN3O2. The van der Waals surface area contributed by atoms with Crippen LogP contribution in [0.15, 0.2) is 24.4 Å². The monoisotopic (exact) mass is 251 g/mol. The number of halogens is 1. The molecule has 0 radical (unpaired) electrons. The summed E-state index contributed by atoms with van der Waals surface area (Å²) in [4.78, 5) is 0. The van der Waals surface area contributed by atoms with Gasteiger partial charge in [-0.1, -0.05) is 5.21 Å². The Hall–Kier alpha value is -1.95. The Kier molecular flexibility index (Phi) is 3.88. The van der Waals surface area contributed by atoms with E-state index in [1.165, 1.54) is 19.2 Å². The lowest BCUT2D eigenvalue weighted by Gasteiger charge is -2.07. The number of hydrogen-bond donors (Lipinski definition) is 1. The molecule has 0 aliphatic heterocycles. The van der Waals surface area contributed by atoms with Gasteiger partial charge in [0.15, 0.2) is 0 Å². The maximum Gasteiger partial charge on any atom is 0.124 e. The summed E-state index contributed by atoms with van der Waals surface area (Å²) in [5.74, 6) is 0.289. The van der Waals surface area contributed by atoms with Gasteiger partial charge in [-0.05, 0) is 18.2 Å². The molecule has 0 saturated carbocycles. The lowest BCUT2D eigenvalue weighted by atomic mass is 10.2. The van der Waals surface area contributed by atoms with Crippen LogP contribution in [0, 0.1) is 5.82 Å². The van der Waals surface area contributed by atoms with Crippen LogP contribution in [0.4, 0.5) is 4.39 Å². The van der Waals surface area contributed by atoms with Crippen molar-refractivity contribution in [1.82, 2.24) is 15.0 Å². The number of ether oxygens (including phenoxy) is 1. The molecule has 0 bridgehead atoms. The fraction of sp³-hybridized carbons (Fsp3) is 0.333. The van der Waals surface area contributed by atoms with Crippen molar-refractivity contribution in [2.75, 3.05) is 13.7 Å². The second-order valence-corrected chi connectivity index (χ2v) is 3.84. The van der Waals surface area contributed by atoms with E-state index in [0.29, 0.717) is 30.0 Å². The van der Waals surface area contributed by atoms with E-state index in [9.17, 15) is 4.39 Å². The first-order valence-corrected chi connectivity index (χ1v) is 5.55. The third-order valence-electron chi connectivity index (χ3n) is 2.53. The first kappa shape index (κ1) is 12.5. The molecule has 2 rings (SSSR count). The molecule has 18 heavy (non-hydrogen) atoms. The number of methoxy groups -OCH3 is 1. The molecule has 96 valence electrons. The fourth-order valence-electron chi connectivity index (χ4n) is 1.69. The minimum absolute atomic E-state index is 0.0297. The van der Waals surface area contributed by atoms with Crippen molar-refractivity contribution in [2.45, 2.75) is 13.0 Å². The molecule has 1 N–H and O–H groups in total. The highest BCUT2D eigenvalue weighted by Crippen LogP contribution is 2.20. The summed E-state index contributed by atoms with van der Waals surface area (Å²) < 4.78 is 19.9. The quantitative estimate of drug-likeness (QED) is 0.861. The summed E-state index contributed by atoms with van der Waals surface area (Å²) in [5, 5.41) is 16.6. The number of rotatable bonds is 5. The molecule has 5 nitrogen and oxygen atoms in total. The lowest BCUT2D eigenvalue weighted by molar-refractivity contribution is 0.298. The van der Waals surface area contributed by atoms with Crippen molar-refractivity contribution in [3.05, 3.63) is 41.5 Å². The summed E-state index contributed by atoms with van der Waals surface area (Å²) in [6, 6.07) is 4.34. The zero-order valence-electron chi connectivity index (χ0n) is 10.0. The van der Waals surface area contributed by atoms with Gasteiger partial charge in [-0.3, -0.25) is 0 Å². The molecule has 0 fully saturated rings. The highest BCUT2D eigenvalue weighted by molar-refractivity contribution is 5.34. The molecule has 6 heteroatoms. The first-order chi connectivity index (χ1) is 8.72.